The average molecular weight is 300 g/mol. The van der Waals surface area contributed by atoms with E-state index in [0.29, 0.717) is 11.3 Å². The van der Waals surface area contributed by atoms with Crippen LogP contribution in [-0.4, -0.2) is 29.3 Å². The van der Waals surface area contributed by atoms with Crippen LogP contribution in [0.15, 0.2) is 48.5 Å². The van der Waals surface area contributed by atoms with Crippen LogP contribution in [0, 0.1) is 0 Å². The van der Waals surface area contributed by atoms with Crippen molar-refractivity contribution in [2.24, 2.45) is 0 Å². The molecule has 2 aromatic carbocycles. The van der Waals surface area contributed by atoms with Gasteiger partial charge in [0.1, 0.15) is 5.75 Å². The van der Waals surface area contributed by atoms with Gasteiger partial charge < -0.3 is 14.9 Å². The van der Waals surface area contributed by atoms with Crippen LogP contribution in [0.4, 0.5) is 0 Å². The first-order valence-electron chi connectivity index (χ1n) is 6.70. The number of rotatable bonds is 6. The van der Waals surface area contributed by atoms with Gasteiger partial charge in [0.15, 0.2) is 0 Å². The quantitative estimate of drug-likeness (QED) is 0.857. The van der Waals surface area contributed by atoms with Crippen molar-refractivity contribution >= 4 is 11.9 Å². The third-order valence-electron chi connectivity index (χ3n) is 3.43. The molecule has 2 N–H and O–H groups in total. The van der Waals surface area contributed by atoms with Gasteiger partial charge in [0.25, 0.3) is 0 Å². The van der Waals surface area contributed by atoms with Crippen molar-refractivity contribution in [2.45, 2.75) is 12.3 Å². The van der Waals surface area contributed by atoms with E-state index in [4.69, 9.17) is 9.84 Å². The van der Waals surface area contributed by atoms with E-state index in [0.717, 1.165) is 5.56 Å². The molecule has 1 unspecified atom stereocenters. The topological polar surface area (TPSA) is 83.8 Å². The molecule has 0 bridgehead atoms. The van der Waals surface area contributed by atoms with Gasteiger partial charge in [0.2, 0.25) is 0 Å². The minimum Gasteiger partial charge on any atom is -0.497 e. The average Bonchev–Trinajstić information content (AvgIpc) is 2.52. The zero-order valence-corrected chi connectivity index (χ0v) is 12.0. The van der Waals surface area contributed by atoms with Gasteiger partial charge in [-0.25, -0.2) is 4.79 Å². The second-order valence-electron chi connectivity index (χ2n) is 4.87. The molecule has 114 valence electrons. The Kier molecular flexibility index (Phi) is 4.78. The summed E-state index contributed by atoms with van der Waals surface area (Å²) in [6.45, 7) is 0. The number of hydrogen-bond acceptors (Lipinski definition) is 3. The summed E-state index contributed by atoms with van der Waals surface area (Å²) < 4.78 is 5.12. The fraction of sp³-hybridized carbons (Fsp3) is 0.176. The normalized spacial score (nSPS) is 11.7. The summed E-state index contributed by atoms with van der Waals surface area (Å²) in [6.07, 6.45) is 0.280. The standard InChI is InChI=1S/C17H16O5/c1-22-14-4-2-3-13(10-14)15(17(20)21)9-11-5-7-12(8-6-11)16(18)19/h2-8,10,15H,9H2,1H3,(H,18,19)(H,20,21). The maximum atomic E-state index is 11.5. The lowest BCUT2D eigenvalue weighted by Crippen LogP contribution is -2.14. The smallest absolute Gasteiger partial charge is 0.335 e. The maximum absolute atomic E-state index is 11.5. The molecule has 0 heterocycles. The van der Waals surface area contributed by atoms with Crippen LogP contribution in [0.5, 0.6) is 5.75 Å². The molecule has 22 heavy (non-hydrogen) atoms. The summed E-state index contributed by atoms with van der Waals surface area (Å²) in [5, 5.41) is 18.3. The van der Waals surface area contributed by atoms with E-state index in [1.807, 2.05) is 0 Å². The molecule has 1 atom stereocenters. The van der Waals surface area contributed by atoms with Crippen LogP contribution in [0.25, 0.3) is 0 Å². The Hall–Kier alpha value is -2.82. The second-order valence-corrected chi connectivity index (χ2v) is 4.87. The number of hydrogen-bond donors (Lipinski definition) is 2. The van der Waals surface area contributed by atoms with Crippen molar-refractivity contribution < 1.29 is 24.5 Å². The molecule has 5 nitrogen and oxygen atoms in total. The molecule has 0 aliphatic heterocycles. The molecule has 0 saturated heterocycles. The molecule has 5 heteroatoms. The Bertz CT molecular complexity index is 676. The molecule has 0 saturated carbocycles. The number of carbonyl (C=O) groups is 2. The monoisotopic (exact) mass is 300 g/mol. The number of benzene rings is 2. The number of carboxylic acid groups (broad SMARTS) is 2. The fourth-order valence-corrected chi connectivity index (χ4v) is 2.23. The van der Waals surface area contributed by atoms with Crippen molar-refractivity contribution in [3.63, 3.8) is 0 Å². The first-order chi connectivity index (χ1) is 10.5. The first-order valence-corrected chi connectivity index (χ1v) is 6.70. The highest BCUT2D eigenvalue weighted by molar-refractivity contribution is 5.87. The van der Waals surface area contributed by atoms with Gasteiger partial charge in [0, 0.05) is 0 Å². The zero-order valence-electron chi connectivity index (χ0n) is 12.0. The Morgan fingerprint density at radius 1 is 1.09 bits per heavy atom. The molecule has 0 fully saturated rings. The number of aliphatic carboxylic acids is 1. The Morgan fingerprint density at radius 3 is 2.32 bits per heavy atom. The third-order valence-corrected chi connectivity index (χ3v) is 3.43. The minimum absolute atomic E-state index is 0.178. The Morgan fingerprint density at radius 2 is 1.77 bits per heavy atom. The second kappa shape index (κ2) is 6.76. The van der Waals surface area contributed by atoms with Gasteiger partial charge in [-0.3, -0.25) is 4.79 Å². The van der Waals surface area contributed by atoms with Crippen LogP contribution in [0.1, 0.15) is 27.4 Å². The van der Waals surface area contributed by atoms with Crippen molar-refractivity contribution in [1.82, 2.24) is 0 Å². The predicted octanol–water partition coefficient (Wildman–Crippen LogP) is 2.80. The summed E-state index contributed by atoms with van der Waals surface area (Å²) in [4.78, 5) is 22.4. The van der Waals surface area contributed by atoms with Crippen molar-refractivity contribution in [3.8, 4) is 5.75 Å². The molecule has 0 amide bonds. The third kappa shape index (κ3) is 3.63. The van der Waals surface area contributed by atoms with E-state index in [2.05, 4.69) is 0 Å². The van der Waals surface area contributed by atoms with Gasteiger partial charge in [-0.1, -0.05) is 24.3 Å². The van der Waals surface area contributed by atoms with Crippen molar-refractivity contribution in [3.05, 3.63) is 65.2 Å². The highest BCUT2D eigenvalue weighted by Crippen LogP contribution is 2.25. The van der Waals surface area contributed by atoms with E-state index in [9.17, 15) is 14.7 Å². The molecular weight excluding hydrogens is 284 g/mol. The number of aromatic carboxylic acids is 1. The summed E-state index contributed by atoms with van der Waals surface area (Å²) in [5.41, 5.74) is 1.59. The molecule has 0 aliphatic rings. The SMILES string of the molecule is COc1cccc(C(Cc2ccc(C(=O)O)cc2)C(=O)O)c1. The first kappa shape index (κ1) is 15.6. The van der Waals surface area contributed by atoms with Crippen LogP contribution < -0.4 is 4.74 Å². The van der Waals surface area contributed by atoms with Crippen LogP contribution in [-0.2, 0) is 11.2 Å². The van der Waals surface area contributed by atoms with E-state index in [1.54, 1.807) is 36.4 Å². The molecular formula is C17H16O5. The van der Waals surface area contributed by atoms with E-state index in [1.165, 1.54) is 19.2 Å². The molecule has 0 radical (unpaired) electrons. The van der Waals surface area contributed by atoms with Gasteiger partial charge in [-0.2, -0.15) is 0 Å². The van der Waals surface area contributed by atoms with Crippen molar-refractivity contribution in [1.29, 1.82) is 0 Å². The largest absolute Gasteiger partial charge is 0.497 e. The lowest BCUT2D eigenvalue weighted by atomic mass is 9.91. The maximum Gasteiger partial charge on any atom is 0.335 e. The van der Waals surface area contributed by atoms with E-state index < -0.39 is 17.9 Å². The summed E-state index contributed by atoms with van der Waals surface area (Å²) in [6, 6.07) is 13.2. The lowest BCUT2D eigenvalue weighted by molar-refractivity contribution is -0.138. The Labute approximate surface area is 127 Å². The predicted molar refractivity (Wildman–Crippen MR) is 80.5 cm³/mol. The highest BCUT2D eigenvalue weighted by Gasteiger charge is 2.21. The van der Waals surface area contributed by atoms with Gasteiger partial charge in [0.05, 0.1) is 18.6 Å². The molecule has 2 aromatic rings. The van der Waals surface area contributed by atoms with Crippen molar-refractivity contribution in [2.75, 3.05) is 7.11 Å². The fourth-order valence-electron chi connectivity index (χ4n) is 2.23. The number of methoxy groups -OCH3 is 1. The highest BCUT2D eigenvalue weighted by atomic mass is 16.5. The van der Waals surface area contributed by atoms with Gasteiger partial charge in [-0.15, -0.1) is 0 Å². The summed E-state index contributed by atoms with van der Waals surface area (Å²) >= 11 is 0. The van der Waals surface area contributed by atoms with E-state index >= 15 is 0 Å². The lowest BCUT2D eigenvalue weighted by Gasteiger charge is -2.14. The molecule has 2 rings (SSSR count). The molecule has 0 aliphatic carbocycles. The van der Waals surface area contributed by atoms with Crippen LogP contribution in [0.3, 0.4) is 0 Å². The molecule has 0 spiro atoms. The molecule has 0 aromatic heterocycles. The van der Waals surface area contributed by atoms with Crippen LogP contribution in [0.2, 0.25) is 0 Å². The Balaban J connectivity index is 2.25. The van der Waals surface area contributed by atoms with E-state index in [-0.39, 0.29) is 12.0 Å². The summed E-state index contributed by atoms with van der Waals surface area (Å²) in [5.74, 6) is -2.06. The summed E-state index contributed by atoms with van der Waals surface area (Å²) in [7, 11) is 1.53. The van der Waals surface area contributed by atoms with Gasteiger partial charge >= 0.3 is 11.9 Å². The van der Waals surface area contributed by atoms with Crippen LogP contribution >= 0.6 is 0 Å². The van der Waals surface area contributed by atoms with Gasteiger partial charge in [-0.05, 0) is 41.8 Å². The zero-order chi connectivity index (χ0) is 16.1. The number of ether oxygens (including phenoxy) is 1. The number of carboxylic acids is 2. The minimum atomic E-state index is -1.01.